The maximum Gasteiger partial charge on any atom is 0.417 e. The number of sulfone groups is 1. The molecular weight excluding hydrogens is 471 g/mol. The lowest BCUT2D eigenvalue weighted by molar-refractivity contribution is -0.140. The van der Waals surface area contributed by atoms with Gasteiger partial charge in [0.25, 0.3) is 0 Å². The zero-order valence-corrected chi connectivity index (χ0v) is 18.9. The Kier molecular flexibility index (Phi) is 6.15. The van der Waals surface area contributed by atoms with Crippen LogP contribution in [-0.2, 0) is 27.4 Å². The molecule has 0 saturated carbocycles. The van der Waals surface area contributed by atoms with Gasteiger partial charge in [0.2, 0.25) is 0 Å². The van der Waals surface area contributed by atoms with Crippen LogP contribution in [0, 0.1) is 6.92 Å². The maximum absolute atomic E-state index is 13.5. The third-order valence-corrected chi connectivity index (χ3v) is 8.02. The molecule has 1 aliphatic rings. The van der Waals surface area contributed by atoms with E-state index < -0.39 is 43.7 Å². The molecule has 34 heavy (non-hydrogen) atoms. The van der Waals surface area contributed by atoms with Crippen LogP contribution in [0.1, 0.15) is 23.2 Å². The Morgan fingerprint density at radius 2 is 1.76 bits per heavy atom. The first-order chi connectivity index (χ1) is 16.0. The smallest absolute Gasteiger partial charge is 0.417 e. The van der Waals surface area contributed by atoms with Crippen molar-refractivity contribution in [3.63, 3.8) is 0 Å². The zero-order chi connectivity index (χ0) is 24.7. The molecule has 0 unspecified atom stereocenters. The number of hydrogen-bond donors (Lipinski definition) is 1. The Hall–Kier alpha value is -3.34. The highest BCUT2D eigenvalue weighted by Gasteiger charge is 2.47. The van der Waals surface area contributed by atoms with Gasteiger partial charge < -0.3 is 10.0 Å². The SMILES string of the molecule is Cc1cc(N2C[C@H](S(=O)(=O)c3ccccc3C(F)(F)F)C[C@H]2C(=O)O)n(Cc2ccccc2)n1. The number of alkyl halides is 3. The van der Waals surface area contributed by atoms with E-state index in [1.807, 2.05) is 30.3 Å². The van der Waals surface area contributed by atoms with E-state index in [-0.39, 0.29) is 13.0 Å². The average molecular weight is 494 g/mol. The van der Waals surface area contributed by atoms with Crippen LogP contribution in [0.5, 0.6) is 0 Å². The van der Waals surface area contributed by atoms with Gasteiger partial charge in [-0.15, -0.1) is 0 Å². The van der Waals surface area contributed by atoms with Gasteiger partial charge in [-0.2, -0.15) is 18.3 Å². The molecule has 2 heterocycles. The normalized spacial score (nSPS) is 18.9. The minimum Gasteiger partial charge on any atom is -0.480 e. The molecular formula is C23H22F3N3O4S. The fraction of sp³-hybridized carbons (Fsp3) is 0.304. The molecule has 11 heteroatoms. The molecule has 7 nitrogen and oxygen atoms in total. The molecule has 4 rings (SSSR count). The molecule has 0 amide bonds. The predicted octanol–water partition coefficient (Wildman–Crippen LogP) is 3.76. The van der Waals surface area contributed by atoms with E-state index in [9.17, 15) is 31.5 Å². The highest BCUT2D eigenvalue weighted by molar-refractivity contribution is 7.92. The number of carbonyl (C=O) groups is 1. The molecule has 0 spiro atoms. The van der Waals surface area contributed by atoms with Gasteiger partial charge in [-0.1, -0.05) is 42.5 Å². The standard InChI is InChI=1S/C23H22F3N3O4S/c1-15-11-21(29(27-15)13-16-7-3-2-4-8-16)28-14-17(12-19(28)22(30)31)34(32,33)20-10-6-5-9-18(20)23(24,25)26/h2-11,17,19H,12-14H2,1H3,(H,30,31)/t17-,19+/m1/s1. The zero-order valence-electron chi connectivity index (χ0n) is 18.1. The largest absolute Gasteiger partial charge is 0.480 e. The second kappa shape index (κ2) is 8.79. The van der Waals surface area contributed by atoms with E-state index in [0.29, 0.717) is 24.1 Å². The molecule has 1 aliphatic heterocycles. The topological polar surface area (TPSA) is 92.5 Å². The van der Waals surface area contributed by atoms with Gasteiger partial charge in [0.15, 0.2) is 9.84 Å². The van der Waals surface area contributed by atoms with Gasteiger partial charge in [0.05, 0.1) is 27.9 Å². The number of aryl methyl sites for hydroxylation is 1. The van der Waals surface area contributed by atoms with Crippen molar-refractivity contribution in [3.05, 3.63) is 77.5 Å². The number of carboxylic acids is 1. The lowest BCUT2D eigenvalue weighted by atomic mass is 10.2. The monoisotopic (exact) mass is 493 g/mol. The average Bonchev–Trinajstić information content (AvgIpc) is 3.38. The summed E-state index contributed by atoms with van der Waals surface area (Å²) in [6.45, 7) is 1.78. The predicted molar refractivity (Wildman–Crippen MR) is 118 cm³/mol. The van der Waals surface area contributed by atoms with Crippen molar-refractivity contribution in [3.8, 4) is 0 Å². The Labute approximate surface area is 194 Å². The summed E-state index contributed by atoms with van der Waals surface area (Å²) < 4.78 is 68.6. The van der Waals surface area contributed by atoms with Crippen LogP contribution in [-0.4, -0.2) is 47.1 Å². The van der Waals surface area contributed by atoms with Crippen molar-refractivity contribution >= 4 is 21.6 Å². The van der Waals surface area contributed by atoms with Crippen molar-refractivity contribution in [2.24, 2.45) is 0 Å². The van der Waals surface area contributed by atoms with Crippen LogP contribution in [0.15, 0.2) is 65.6 Å². The van der Waals surface area contributed by atoms with Crippen molar-refractivity contribution in [2.45, 2.75) is 42.3 Å². The first kappa shape index (κ1) is 23.8. The molecule has 1 saturated heterocycles. The Morgan fingerprint density at radius 3 is 2.41 bits per heavy atom. The minimum absolute atomic E-state index is 0.272. The summed E-state index contributed by atoms with van der Waals surface area (Å²) in [5, 5.41) is 12.9. The molecule has 0 bridgehead atoms. The first-order valence-electron chi connectivity index (χ1n) is 10.5. The van der Waals surface area contributed by atoms with E-state index in [4.69, 9.17) is 0 Å². The van der Waals surface area contributed by atoms with Gasteiger partial charge >= 0.3 is 12.1 Å². The molecule has 1 N–H and O–H groups in total. The Bertz CT molecular complexity index is 1310. The number of anilines is 1. The summed E-state index contributed by atoms with van der Waals surface area (Å²) in [5.74, 6) is -0.859. The third kappa shape index (κ3) is 4.52. The number of aliphatic carboxylic acids is 1. The van der Waals surface area contributed by atoms with Gasteiger partial charge in [0.1, 0.15) is 11.9 Å². The van der Waals surface area contributed by atoms with E-state index in [0.717, 1.165) is 17.7 Å². The molecule has 1 fully saturated rings. The number of carboxylic acid groups (broad SMARTS) is 1. The number of benzene rings is 2. The molecule has 2 aromatic carbocycles. The fourth-order valence-corrected chi connectivity index (χ4v) is 6.18. The van der Waals surface area contributed by atoms with Gasteiger partial charge in [0, 0.05) is 12.6 Å². The van der Waals surface area contributed by atoms with Crippen molar-refractivity contribution in [1.29, 1.82) is 0 Å². The molecule has 0 aliphatic carbocycles. The van der Waals surface area contributed by atoms with E-state index in [1.54, 1.807) is 17.7 Å². The van der Waals surface area contributed by atoms with Crippen molar-refractivity contribution in [2.75, 3.05) is 11.4 Å². The van der Waals surface area contributed by atoms with Gasteiger partial charge in [-0.25, -0.2) is 17.9 Å². The molecule has 0 radical (unpaired) electrons. The van der Waals surface area contributed by atoms with E-state index in [1.165, 1.54) is 11.0 Å². The van der Waals surface area contributed by atoms with E-state index >= 15 is 0 Å². The summed E-state index contributed by atoms with van der Waals surface area (Å²) in [6.07, 6.45) is -5.21. The second-order valence-electron chi connectivity index (χ2n) is 8.19. The number of nitrogens with zero attached hydrogens (tertiary/aromatic N) is 3. The van der Waals surface area contributed by atoms with Gasteiger partial charge in [-0.05, 0) is 31.0 Å². The lowest BCUT2D eigenvalue weighted by Crippen LogP contribution is -2.37. The van der Waals surface area contributed by atoms with Crippen molar-refractivity contribution < 1.29 is 31.5 Å². The Balaban J connectivity index is 1.71. The maximum atomic E-state index is 13.5. The number of hydrogen-bond acceptors (Lipinski definition) is 5. The third-order valence-electron chi connectivity index (χ3n) is 5.84. The highest BCUT2D eigenvalue weighted by Crippen LogP contribution is 2.38. The summed E-state index contributed by atoms with van der Waals surface area (Å²) >= 11 is 0. The summed E-state index contributed by atoms with van der Waals surface area (Å²) in [6, 6.07) is 13.7. The summed E-state index contributed by atoms with van der Waals surface area (Å²) in [5.41, 5.74) is 0.246. The number of aromatic nitrogens is 2. The molecule has 2 atom stereocenters. The van der Waals surface area contributed by atoms with Crippen LogP contribution in [0.3, 0.4) is 0 Å². The van der Waals surface area contributed by atoms with Crippen molar-refractivity contribution in [1.82, 2.24) is 9.78 Å². The number of halogens is 3. The summed E-state index contributed by atoms with van der Waals surface area (Å²) in [4.78, 5) is 12.6. The minimum atomic E-state index is -4.86. The fourth-order valence-electron chi connectivity index (χ4n) is 4.27. The molecule has 3 aromatic rings. The molecule has 1 aromatic heterocycles. The summed E-state index contributed by atoms with van der Waals surface area (Å²) in [7, 11) is -4.48. The van der Waals surface area contributed by atoms with Crippen LogP contribution in [0.4, 0.5) is 19.0 Å². The van der Waals surface area contributed by atoms with Gasteiger partial charge in [-0.3, -0.25) is 0 Å². The lowest BCUT2D eigenvalue weighted by Gasteiger charge is -2.24. The quantitative estimate of drug-likeness (QED) is 0.562. The highest BCUT2D eigenvalue weighted by atomic mass is 32.2. The second-order valence-corrected chi connectivity index (χ2v) is 10.4. The Morgan fingerprint density at radius 1 is 1.12 bits per heavy atom. The van der Waals surface area contributed by atoms with Crippen LogP contribution in [0.2, 0.25) is 0 Å². The van der Waals surface area contributed by atoms with Crippen LogP contribution >= 0.6 is 0 Å². The van der Waals surface area contributed by atoms with E-state index in [2.05, 4.69) is 5.10 Å². The number of rotatable bonds is 6. The van der Waals surface area contributed by atoms with Crippen LogP contribution in [0.25, 0.3) is 0 Å². The first-order valence-corrected chi connectivity index (χ1v) is 12.0. The molecule has 180 valence electrons. The van der Waals surface area contributed by atoms with Crippen LogP contribution < -0.4 is 4.90 Å².